The molecule has 1 saturated carbocycles. The summed E-state index contributed by atoms with van der Waals surface area (Å²) >= 11 is 0. The van der Waals surface area contributed by atoms with Gasteiger partial charge in [-0.2, -0.15) is 0 Å². The molecule has 3 N–H and O–H groups in total. The number of carbonyl (C=O) groups excluding carboxylic acids is 1. The van der Waals surface area contributed by atoms with Crippen LogP contribution < -0.4 is 15.8 Å². The Morgan fingerprint density at radius 3 is 2.79 bits per heavy atom. The quantitative estimate of drug-likeness (QED) is 0.857. The highest BCUT2D eigenvalue weighted by Gasteiger charge is 2.19. The maximum Gasteiger partial charge on any atom is 0.228 e. The number of nitrogens with one attached hydrogen (secondary N) is 1. The van der Waals surface area contributed by atoms with Gasteiger partial charge in [-0.1, -0.05) is 19.1 Å². The Morgan fingerprint density at radius 1 is 1.42 bits per heavy atom. The number of ether oxygens (including phenoxy) is 1. The third-order valence-electron chi connectivity index (χ3n) is 3.54. The largest absolute Gasteiger partial charge is 0.488 e. The first-order valence-electron chi connectivity index (χ1n) is 6.97. The Bertz CT molecular complexity index is 428. The van der Waals surface area contributed by atoms with Gasteiger partial charge < -0.3 is 15.8 Å². The molecule has 1 fully saturated rings. The van der Waals surface area contributed by atoms with Gasteiger partial charge >= 0.3 is 0 Å². The molecular weight excluding hydrogens is 240 g/mol. The summed E-state index contributed by atoms with van der Waals surface area (Å²) in [4.78, 5) is 11.9. The molecule has 1 unspecified atom stereocenters. The molecular formula is C15H22N2O2. The van der Waals surface area contributed by atoms with Crippen molar-refractivity contribution < 1.29 is 9.53 Å². The molecule has 19 heavy (non-hydrogen) atoms. The highest BCUT2D eigenvalue weighted by Crippen LogP contribution is 2.29. The maximum absolute atomic E-state index is 11.9. The molecule has 0 aliphatic heterocycles. The molecule has 4 heteroatoms. The predicted molar refractivity (Wildman–Crippen MR) is 76.2 cm³/mol. The Kier molecular flexibility index (Phi) is 4.80. The molecule has 0 bridgehead atoms. The lowest BCUT2D eigenvalue weighted by molar-refractivity contribution is -0.119. The van der Waals surface area contributed by atoms with E-state index >= 15 is 0 Å². The zero-order chi connectivity index (χ0) is 13.7. The fraction of sp³-hybridized carbons (Fsp3) is 0.533. The summed E-state index contributed by atoms with van der Waals surface area (Å²) in [5, 5.41) is 2.89. The van der Waals surface area contributed by atoms with E-state index in [1.165, 1.54) is 12.8 Å². The zero-order valence-corrected chi connectivity index (χ0v) is 11.4. The first-order chi connectivity index (χ1) is 9.20. The van der Waals surface area contributed by atoms with Gasteiger partial charge in [-0.25, -0.2) is 0 Å². The van der Waals surface area contributed by atoms with E-state index in [1.807, 2.05) is 31.2 Å². The molecule has 0 saturated heterocycles. The molecule has 1 amide bonds. The van der Waals surface area contributed by atoms with Gasteiger partial charge in [0.2, 0.25) is 5.91 Å². The highest BCUT2D eigenvalue weighted by atomic mass is 16.5. The average molecular weight is 262 g/mol. The van der Waals surface area contributed by atoms with Crippen molar-refractivity contribution in [3.05, 3.63) is 24.3 Å². The molecule has 0 spiro atoms. The fourth-order valence-electron chi connectivity index (χ4n) is 2.22. The van der Waals surface area contributed by atoms with Gasteiger partial charge in [0.25, 0.3) is 0 Å². The maximum atomic E-state index is 11.9. The molecule has 2 rings (SSSR count). The fourth-order valence-corrected chi connectivity index (χ4v) is 2.22. The Morgan fingerprint density at radius 2 is 2.11 bits per heavy atom. The monoisotopic (exact) mass is 262 g/mol. The van der Waals surface area contributed by atoms with Crippen molar-refractivity contribution >= 4 is 11.6 Å². The molecule has 1 aromatic rings. The van der Waals surface area contributed by atoms with Crippen molar-refractivity contribution in [3.63, 3.8) is 0 Å². The van der Waals surface area contributed by atoms with Gasteiger partial charge in [0, 0.05) is 12.5 Å². The van der Waals surface area contributed by atoms with E-state index in [1.54, 1.807) is 0 Å². The number of carbonyl (C=O) groups is 1. The summed E-state index contributed by atoms with van der Waals surface area (Å²) in [6.07, 6.45) is 4.93. The molecule has 104 valence electrons. The minimum atomic E-state index is -0.195. The van der Waals surface area contributed by atoms with Crippen LogP contribution in [-0.2, 0) is 4.79 Å². The number of amides is 1. The summed E-state index contributed by atoms with van der Waals surface area (Å²) in [5.41, 5.74) is 6.24. The van der Waals surface area contributed by atoms with E-state index in [-0.39, 0.29) is 17.9 Å². The van der Waals surface area contributed by atoms with Gasteiger partial charge in [0.15, 0.2) is 0 Å². The van der Waals surface area contributed by atoms with Crippen molar-refractivity contribution in [2.75, 3.05) is 11.9 Å². The first kappa shape index (κ1) is 13.9. The summed E-state index contributed by atoms with van der Waals surface area (Å²) in [7, 11) is 0. The summed E-state index contributed by atoms with van der Waals surface area (Å²) in [6, 6.07) is 7.59. The zero-order valence-electron chi connectivity index (χ0n) is 11.4. The van der Waals surface area contributed by atoms with E-state index in [4.69, 9.17) is 10.5 Å². The van der Waals surface area contributed by atoms with E-state index in [0.29, 0.717) is 6.54 Å². The number of benzene rings is 1. The SMILES string of the molecule is CC(CN)C(=O)Nc1ccccc1OC1CCCC1. The van der Waals surface area contributed by atoms with Crippen LogP contribution in [0.4, 0.5) is 5.69 Å². The van der Waals surface area contributed by atoms with Crippen molar-refractivity contribution in [2.45, 2.75) is 38.7 Å². The number of anilines is 1. The van der Waals surface area contributed by atoms with Gasteiger partial charge in [-0.05, 0) is 37.8 Å². The minimum absolute atomic E-state index is 0.0648. The number of rotatable bonds is 5. The molecule has 0 heterocycles. The Hall–Kier alpha value is -1.55. The van der Waals surface area contributed by atoms with Gasteiger partial charge in [0.1, 0.15) is 5.75 Å². The van der Waals surface area contributed by atoms with Crippen LogP contribution in [0, 0.1) is 5.92 Å². The van der Waals surface area contributed by atoms with Crippen LogP contribution in [0.3, 0.4) is 0 Å². The van der Waals surface area contributed by atoms with Gasteiger partial charge in [-0.3, -0.25) is 4.79 Å². The van der Waals surface area contributed by atoms with Crippen LogP contribution in [0.2, 0.25) is 0 Å². The van der Waals surface area contributed by atoms with E-state index in [2.05, 4.69) is 5.32 Å². The Balaban J connectivity index is 2.05. The summed E-state index contributed by atoms with van der Waals surface area (Å²) < 4.78 is 5.97. The standard InChI is InChI=1S/C15H22N2O2/c1-11(10-16)15(18)17-13-8-4-5-9-14(13)19-12-6-2-3-7-12/h4-5,8-9,11-12H,2-3,6-7,10,16H2,1H3,(H,17,18). The van der Waals surface area contributed by atoms with E-state index < -0.39 is 0 Å². The second kappa shape index (κ2) is 6.57. The number of para-hydroxylation sites is 2. The predicted octanol–water partition coefficient (Wildman–Crippen LogP) is 2.54. The van der Waals surface area contributed by atoms with Crippen molar-refractivity contribution in [1.82, 2.24) is 0 Å². The van der Waals surface area contributed by atoms with Crippen LogP contribution in [0.1, 0.15) is 32.6 Å². The van der Waals surface area contributed by atoms with Crippen LogP contribution in [0.5, 0.6) is 5.75 Å². The summed E-state index contributed by atoms with van der Waals surface area (Å²) in [6.45, 7) is 2.16. The minimum Gasteiger partial charge on any atom is -0.488 e. The van der Waals surface area contributed by atoms with Gasteiger partial charge in [0.05, 0.1) is 11.8 Å². The molecule has 0 aromatic heterocycles. The van der Waals surface area contributed by atoms with Crippen molar-refractivity contribution in [2.24, 2.45) is 11.7 Å². The number of nitrogens with two attached hydrogens (primary N) is 1. The van der Waals surface area contributed by atoms with Crippen LogP contribution in [0.15, 0.2) is 24.3 Å². The lowest BCUT2D eigenvalue weighted by Crippen LogP contribution is -2.27. The molecule has 1 aromatic carbocycles. The van der Waals surface area contributed by atoms with E-state index in [0.717, 1.165) is 24.3 Å². The molecule has 1 aliphatic carbocycles. The molecule has 4 nitrogen and oxygen atoms in total. The van der Waals surface area contributed by atoms with Crippen LogP contribution in [-0.4, -0.2) is 18.6 Å². The number of hydrogen-bond donors (Lipinski definition) is 2. The van der Waals surface area contributed by atoms with Crippen molar-refractivity contribution in [3.8, 4) is 5.75 Å². The summed E-state index contributed by atoms with van der Waals surface area (Å²) in [5.74, 6) is 0.497. The second-order valence-electron chi connectivity index (χ2n) is 5.15. The third-order valence-corrected chi connectivity index (χ3v) is 3.54. The third kappa shape index (κ3) is 3.70. The van der Waals surface area contributed by atoms with Crippen LogP contribution in [0.25, 0.3) is 0 Å². The topological polar surface area (TPSA) is 64.4 Å². The van der Waals surface area contributed by atoms with Crippen LogP contribution >= 0.6 is 0 Å². The lowest BCUT2D eigenvalue weighted by Gasteiger charge is -2.17. The molecule has 1 aliphatic rings. The second-order valence-corrected chi connectivity index (χ2v) is 5.15. The lowest BCUT2D eigenvalue weighted by atomic mass is 10.1. The first-order valence-corrected chi connectivity index (χ1v) is 6.97. The van der Waals surface area contributed by atoms with Gasteiger partial charge in [-0.15, -0.1) is 0 Å². The smallest absolute Gasteiger partial charge is 0.228 e. The normalized spacial score (nSPS) is 17.2. The average Bonchev–Trinajstić information content (AvgIpc) is 2.93. The number of hydrogen-bond acceptors (Lipinski definition) is 3. The molecule has 1 atom stereocenters. The highest BCUT2D eigenvalue weighted by molar-refractivity contribution is 5.93. The van der Waals surface area contributed by atoms with Crippen molar-refractivity contribution in [1.29, 1.82) is 0 Å². The molecule has 0 radical (unpaired) electrons. The Labute approximate surface area is 114 Å². The van der Waals surface area contributed by atoms with E-state index in [9.17, 15) is 4.79 Å².